The van der Waals surface area contributed by atoms with Crippen LogP contribution >= 0.6 is 0 Å². The number of anilines is 1. The van der Waals surface area contributed by atoms with Gasteiger partial charge >= 0.3 is 0 Å². The average molecular weight is 432 g/mol. The van der Waals surface area contributed by atoms with Crippen LogP contribution in [0.2, 0.25) is 0 Å². The molecule has 0 amide bonds. The number of aromatic nitrogens is 3. The van der Waals surface area contributed by atoms with Crippen LogP contribution in [-0.2, 0) is 0 Å². The summed E-state index contributed by atoms with van der Waals surface area (Å²) >= 11 is 0. The number of rotatable bonds is 4. The summed E-state index contributed by atoms with van der Waals surface area (Å²) in [4.78, 5) is 13.8. The van der Waals surface area contributed by atoms with Crippen molar-refractivity contribution in [3.8, 4) is 0 Å². The molecule has 1 saturated carbocycles. The van der Waals surface area contributed by atoms with Crippen molar-refractivity contribution < 1.29 is 0 Å². The average Bonchev–Trinajstić information content (AvgIpc) is 3.14. The van der Waals surface area contributed by atoms with E-state index >= 15 is 0 Å². The highest BCUT2D eigenvalue weighted by molar-refractivity contribution is 5.89. The quantitative estimate of drug-likeness (QED) is 0.769. The van der Waals surface area contributed by atoms with Crippen LogP contribution in [0.3, 0.4) is 0 Å². The second kappa shape index (κ2) is 13.0. The van der Waals surface area contributed by atoms with Crippen molar-refractivity contribution in [2.75, 3.05) is 52.6 Å². The molecule has 1 saturated heterocycles. The number of nitrogen functional groups attached to an aromatic ring is 1. The highest BCUT2D eigenvalue weighted by atomic mass is 15.3. The summed E-state index contributed by atoms with van der Waals surface area (Å²) in [6, 6.07) is 1.30. The van der Waals surface area contributed by atoms with Crippen LogP contribution in [0, 0.1) is 6.92 Å². The maximum Gasteiger partial charge on any atom is 0.145 e. The van der Waals surface area contributed by atoms with E-state index in [9.17, 15) is 0 Å². The Bertz CT molecular complexity index is 755. The zero-order valence-electron chi connectivity index (χ0n) is 20.7. The molecule has 1 aliphatic carbocycles. The first-order chi connectivity index (χ1) is 15.0. The zero-order chi connectivity index (χ0) is 22.8. The Morgan fingerprint density at radius 2 is 1.65 bits per heavy atom. The van der Waals surface area contributed by atoms with Gasteiger partial charge in [-0.15, -0.1) is 0 Å². The predicted octanol–water partition coefficient (Wildman–Crippen LogP) is 3.70. The molecule has 0 aromatic carbocycles. The van der Waals surface area contributed by atoms with Gasteiger partial charge in [-0.3, -0.25) is 4.90 Å². The zero-order valence-corrected chi connectivity index (χ0v) is 20.7. The van der Waals surface area contributed by atoms with Crippen LogP contribution in [0.4, 0.5) is 5.82 Å². The number of aryl methyl sites for hydroxylation is 1. The van der Waals surface area contributed by atoms with Crippen molar-refractivity contribution in [1.29, 1.82) is 0 Å². The van der Waals surface area contributed by atoms with Gasteiger partial charge in [-0.2, -0.15) is 0 Å². The molecule has 176 valence electrons. The van der Waals surface area contributed by atoms with E-state index in [-0.39, 0.29) is 0 Å². The van der Waals surface area contributed by atoms with Crippen molar-refractivity contribution in [2.45, 2.75) is 71.9 Å². The molecule has 0 atom stereocenters. The molecule has 7 heteroatoms. The highest BCUT2D eigenvalue weighted by Gasteiger charge is 2.29. The maximum absolute atomic E-state index is 6.06. The van der Waals surface area contributed by atoms with Crippen molar-refractivity contribution in [3.05, 3.63) is 18.1 Å². The van der Waals surface area contributed by atoms with Gasteiger partial charge in [0.25, 0.3) is 0 Å². The van der Waals surface area contributed by atoms with Gasteiger partial charge in [0, 0.05) is 44.5 Å². The molecule has 4 rings (SSSR count). The minimum Gasteiger partial charge on any atom is -0.383 e. The van der Waals surface area contributed by atoms with Gasteiger partial charge in [0.2, 0.25) is 0 Å². The molecule has 0 bridgehead atoms. The Kier molecular flexibility index (Phi) is 10.7. The lowest BCUT2D eigenvalue weighted by atomic mass is 9.89. The van der Waals surface area contributed by atoms with E-state index in [0.717, 1.165) is 23.6 Å². The number of nitrogens with one attached hydrogen (secondary N) is 1. The fraction of sp³-hybridized carbons (Fsp3) is 0.750. The van der Waals surface area contributed by atoms with Crippen LogP contribution in [-0.4, -0.2) is 77.2 Å². The first kappa shape index (κ1) is 25.6. The summed E-state index contributed by atoms with van der Waals surface area (Å²) < 4.78 is 2.35. The minimum absolute atomic E-state index is 0.541. The molecule has 2 aromatic rings. The molecule has 3 N–H and O–H groups in total. The van der Waals surface area contributed by atoms with Crippen molar-refractivity contribution in [3.63, 3.8) is 0 Å². The first-order valence-electron chi connectivity index (χ1n) is 12.2. The number of nitrogens with zero attached hydrogens (tertiary/aromatic N) is 5. The van der Waals surface area contributed by atoms with E-state index in [0.29, 0.717) is 11.9 Å². The molecule has 31 heavy (non-hydrogen) atoms. The molecular weight excluding hydrogens is 386 g/mol. The third kappa shape index (κ3) is 6.64. The largest absolute Gasteiger partial charge is 0.383 e. The molecule has 2 aliphatic rings. The van der Waals surface area contributed by atoms with Gasteiger partial charge in [0.1, 0.15) is 17.8 Å². The van der Waals surface area contributed by atoms with Crippen LogP contribution in [0.1, 0.15) is 64.5 Å². The van der Waals surface area contributed by atoms with Gasteiger partial charge < -0.3 is 20.5 Å². The summed E-state index contributed by atoms with van der Waals surface area (Å²) in [7, 11) is 4.19. The van der Waals surface area contributed by atoms with Gasteiger partial charge in [-0.05, 0) is 65.2 Å². The molecule has 0 spiro atoms. The Morgan fingerprint density at radius 1 is 1.03 bits per heavy atom. The van der Waals surface area contributed by atoms with Crippen molar-refractivity contribution in [2.24, 2.45) is 0 Å². The summed E-state index contributed by atoms with van der Waals surface area (Å²) in [6.07, 6.45) is 10.1. The normalized spacial score (nSPS) is 22.4. The number of hydrogen-bond donors (Lipinski definition) is 2. The number of fused-ring (bicyclic) bond motifs is 1. The van der Waals surface area contributed by atoms with E-state index in [1.165, 1.54) is 63.8 Å². The van der Waals surface area contributed by atoms with E-state index in [4.69, 9.17) is 5.73 Å². The Hall–Kier alpha value is -1.70. The smallest absolute Gasteiger partial charge is 0.145 e. The lowest BCUT2D eigenvalue weighted by molar-refractivity contribution is 0.0827. The molecule has 1 aliphatic heterocycles. The van der Waals surface area contributed by atoms with Gasteiger partial charge in [-0.25, -0.2) is 9.97 Å². The molecule has 3 heterocycles. The minimum atomic E-state index is 0.541. The van der Waals surface area contributed by atoms with Crippen molar-refractivity contribution in [1.82, 2.24) is 29.7 Å². The number of nitrogens with two attached hydrogens (primary N) is 1. The van der Waals surface area contributed by atoms with E-state index < -0.39 is 0 Å². The third-order valence-corrected chi connectivity index (χ3v) is 6.44. The Labute approximate surface area is 189 Å². The first-order valence-corrected chi connectivity index (χ1v) is 12.2. The van der Waals surface area contributed by atoms with Crippen LogP contribution in [0.15, 0.2) is 12.5 Å². The Balaban J connectivity index is 0.000000432. The van der Waals surface area contributed by atoms with Gasteiger partial charge in [0.05, 0.1) is 5.39 Å². The van der Waals surface area contributed by atoms with Crippen LogP contribution in [0.5, 0.6) is 0 Å². The lowest BCUT2D eigenvalue weighted by Gasteiger charge is -2.41. The fourth-order valence-electron chi connectivity index (χ4n) is 4.71. The van der Waals surface area contributed by atoms with Crippen LogP contribution in [0.25, 0.3) is 11.0 Å². The fourth-order valence-corrected chi connectivity index (χ4v) is 4.71. The Morgan fingerprint density at radius 3 is 2.19 bits per heavy atom. The molecular formula is C24H45N7. The van der Waals surface area contributed by atoms with Crippen molar-refractivity contribution >= 4 is 16.9 Å². The summed E-state index contributed by atoms with van der Waals surface area (Å²) in [5.74, 6) is 0.599. The number of piperazine rings is 1. The number of hydrogen-bond acceptors (Lipinski definition) is 6. The molecule has 7 nitrogen and oxygen atoms in total. The highest BCUT2D eigenvalue weighted by Crippen LogP contribution is 2.35. The number of likely N-dealkylation sites (N-methyl/N-ethyl adjacent to an activating group) is 1. The molecule has 2 aromatic heterocycles. The molecule has 0 unspecified atom stereocenters. The maximum atomic E-state index is 6.06. The molecule has 2 fully saturated rings. The molecule has 0 radical (unpaired) electrons. The van der Waals surface area contributed by atoms with Crippen LogP contribution < -0.4 is 11.1 Å². The summed E-state index contributed by atoms with van der Waals surface area (Å²) in [5.41, 5.74) is 8.24. The standard InChI is InChI=1S/C18H28N6.C4H11N.C2H6/c1-13-11-24(18-16(13)17(19)20-12-21-18)15-5-3-14(4-6-15)23-9-7-22(2)8-10-23;1-3-4-5-2;1-2/h11-12,14-15H,3-10H2,1-2H3,(H2,19,20,21);5H,3-4H2,1-2H3;1-2H3. The van der Waals surface area contributed by atoms with E-state index in [2.05, 4.69) is 56.7 Å². The second-order valence-corrected chi connectivity index (χ2v) is 8.58. The third-order valence-electron chi connectivity index (χ3n) is 6.44. The topological polar surface area (TPSA) is 75.2 Å². The summed E-state index contributed by atoms with van der Waals surface area (Å²) in [6.45, 7) is 14.3. The van der Waals surface area contributed by atoms with Gasteiger partial charge in [0.15, 0.2) is 0 Å². The van der Waals surface area contributed by atoms with Gasteiger partial charge in [-0.1, -0.05) is 20.8 Å². The second-order valence-electron chi connectivity index (χ2n) is 8.58. The van der Waals surface area contributed by atoms with E-state index in [1.807, 2.05) is 20.9 Å². The predicted molar refractivity (Wildman–Crippen MR) is 133 cm³/mol. The summed E-state index contributed by atoms with van der Waals surface area (Å²) in [5, 5.41) is 4.04. The SMILES string of the molecule is CC.CCCNC.Cc1cn(C2CCC(N3CCN(C)CC3)CC2)c2ncnc(N)c12. The monoisotopic (exact) mass is 431 g/mol. The lowest BCUT2D eigenvalue weighted by Crippen LogP contribution is -2.49. The van der Waals surface area contributed by atoms with E-state index in [1.54, 1.807) is 6.33 Å².